The molecule has 11 nitrogen and oxygen atoms in total. The number of urea groups is 1. The fourth-order valence-electron chi connectivity index (χ4n) is 4.13. The van der Waals surface area contributed by atoms with Crippen LogP contribution in [0.3, 0.4) is 0 Å². The molecule has 230 valence electrons. The van der Waals surface area contributed by atoms with Crippen molar-refractivity contribution in [3.8, 4) is 0 Å². The number of ether oxygens (including phenoxy) is 3. The van der Waals surface area contributed by atoms with Gasteiger partial charge in [0.05, 0.1) is 25.3 Å². The number of nitrogens with zero attached hydrogens (tertiary/aromatic N) is 3. The van der Waals surface area contributed by atoms with Gasteiger partial charge in [-0.2, -0.15) is 13.2 Å². The Hall–Kier alpha value is -4.14. The van der Waals surface area contributed by atoms with Gasteiger partial charge in [0.1, 0.15) is 13.2 Å². The second kappa shape index (κ2) is 14.4. The average Bonchev–Trinajstić information content (AvgIpc) is 3.34. The molecule has 0 aliphatic carbocycles. The maximum atomic E-state index is 13.0. The monoisotopic (exact) mass is 623 g/mol. The number of morpholine rings is 1. The summed E-state index contributed by atoms with van der Waals surface area (Å²) in [6, 6.07) is 8.64. The van der Waals surface area contributed by atoms with Crippen molar-refractivity contribution in [2.75, 3.05) is 56.7 Å². The first kappa shape index (κ1) is 31.8. The molecule has 0 atom stereocenters. The molecule has 2 N–H and O–H groups in total. The number of hydrogen-bond acceptors (Lipinski definition) is 8. The molecule has 2 heterocycles. The second-order valence-corrected chi connectivity index (χ2v) is 9.99. The van der Waals surface area contributed by atoms with Gasteiger partial charge >= 0.3 is 24.1 Å². The SMILES string of the molecule is Cc1cc(Cl)ccc1NC(=O)Nc1cn(Cc2ccc(C(F)(F)F)cc2)c(C(=O)OCCOC(=O)CN2CCOCC2)n1. The lowest BCUT2D eigenvalue weighted by atomic mass is 10.1. The van der Waals surface area contributed by atoms with Gasteiger partial charge in [0.15, 0.2) is 5.82 Å². The van der Waals surface area contributed by atoms with Crippen LogP contribution in [0, 0.1) is 6.92 Å². The van der Waals surface area contributed by atoms with Gasteiger partial charge in [0, 0.05) is 36.5 Å². The first-order chi connectivity index (χ1) is 20.5. The van der Waals surface area contributed by atoms with E-state index in [9.17, 15) is 27.6 Å². The number of carbonyl (C=O) groups excluding carboxylic acids is 3. The van der Waals surface area contributed by atoms with Crippen LogP contribution in [0.5, 0.6) is 0 Å². The number of hydrogen-bond donors (Lipinski definition) is 2. The molecule has 1 saturated heterocycles. The number of nitrogens with one attached hydrogen (secondary N) is 2. The van der Waals surface area contributed by atoms with Gasteiger partial charge in [-0.25, -0.2) is 14.6 Å². The van der Waals surface area contributed by atoms with Crippen LogP contribution in [0.25, 0.3) is 0 Å². The van der Waals surface area contributed by atoms with Crippen LogP contribution in [0.15, 0.2) is 48.7 Å². The number of rotatable bonds is 10. The highest BCUT2D eigenvalue weighted by Crippen LogP contribution is 2.29. The van der Waals surface area contributed by atoms with Crippen LogP contribution in [0.4, 0.5) is 29.5 Å². The number of carbonyl (C=O) groups is 3. The van der Waals surface area contributed by atoms with Crippen molar-refractivity contribution in [2.45, 2.75) is 19.6 Å². The van der Waals surface area contributed by atoms with E-state index in [4.69, 9.17) is 25.8 Å². The summed E-state index contributed by atoms with van der Waals surface area (Å²) in [7, 11) is 0. The van der Waals surface area contributed by atoms with Crippen molar-refractivity contribution in [2.24, 2.45) is 0 Å². The molecule has 1 fully saturated rings. The Kier molecular flexibility index (Phi) is 10.6. The standard InChI is InChI=1S/C28H29ClF3N5O6/c1-18-14-21(29)6-7-22(18)33-27(40)35-23-16-37(15-19-2-4-20(5-3-19)28(30,31)32)25(34-23)26(39)43-13-12-42-24(38)17-36-8-10-41-11-9-36/h2-7,14,16H,8-13,15,17H2,1H3,(H2,33,35,40). The fraction of sp³-hybridized carbons (Fsp3) is 0.357. The largest absolute Gasteiger partial charge is 0.461 e. The quantitative estimate of drug-likeness (QED) is 0.248. The summed E-state index contributed by atoms with van der Waals surface area (Å²) in [5, 5.41) is 5.69. The molecule has 0 saturated carbocycles. The minimum Gasteiger partial charge on any atom is -0.461 e. The molecule has 1 aliphatic heterocycles. The molecule has 1 aliphatic rings. The van der Waals surface area contributed by atoms with E-state index in [0.29, 0.717) is 48.1 Å². The van der Waals surface area contributed by atoms with Gasteiger partial charge in [-0.05, 0) is 48.4 Å². The molecule has 43 heavy (non-hydrogen) atoms. The van der Waals surface area contributed by atoms with Gasteiger partial charge in [0.2, 0.25) is 5.82 Å². The number of amides is 2. The zero-order valence-corrected chi connectivity index (χ0v) is 23.8. The van der Waals surface area contributed by atoms with Gasteiger partial charge in [-0.15, -0.1) is 0 Å². The molecule has 4 rings (SSSR count). The Morgan fingerprint density at radius 3 is 2.40 bits per heavy atom. The topological polar surface area (TPSA) is 124 Å². The number of imidazole rings is 1. The van der Waals surface area contributed by atoms with E-state index in [-0.39, 0.29) is 37.9 Å². The molecule has 2 aromatic carbocycles. The van der Waals surface area contributed by atoms with Crippen LogP contribution in [0.1, 0.15) is 27.3 Å². The van der Waals surface area contributed by atoms with E-state index in [1.807, 2.05) is 4.90 Å². The summed E-state index contributed by atoms with van der Waals surface area (Å²) in [6.45, 7) is 3.62. The molecule has 0 bridgehead atoms. The Bertz CT molecular complexity index is 1440. The lowest BCUT2D eigenvalue weighted by molar-refractivity contribution is -0.147. The summed E-state index contributed by atoms with van der Waals surface area (Å²) in [6.07, 6.45) is -3.15. The fourth-order valence-corrected chi connectivity index (χ4v) is 4.36. The summed E-state index contributed by atoms with van der Waals surface area (Å²) in [4.78, 5) is 43.6. The number of aromatic nitrogens is 2. The summed E-state index contributed by atoms with van der Waals surface area (Å²) >= 11 is 5.96. The summed E-state index contributed by atoms with van der Waals surface area (Å²) in [5.41, 5.74) is 0.824. The van der Waals surface area contributed by atoms with Gasteiger partial charge in [-0.1, -0.05) is 23.7 Å². The van der Waals surface area contributed by atoms with E-state index in [1.54, 1.807) is 25.1 Å². The molecular formula is C28H29ClF3N5O6. The Morgan fingerprint density at radius 1 is 1.02 bits per heavy atom. The first-order valence-electron chi connectivity index (χ1n) is 13.2. The molecule has 3 aromatic rings. The van der Waals surface area contributed by atoms with Crippen LogP contribution < -0.4 is 10.6 Å². The van der Waals surface area contributed by atoms with E-state index >= 15 is 0 Å². The van der Waals surface area contributed by atoms with Gasteiger partial charge in [0.25, 0.3) is 0 Å². The third-order valence-corrected chi connectivity index (χ3v) is 6.54. The highest BCUT2D eigenvalue weighted by molar-refractivity contribution is 6.30. The van der Waals surface area contributed by atoms with Crippen LogP contribution >= 0.6 is 11.6 Å². The molecular weight excluding hydrogens is 595 g/mol. The number of benzene rings is 2. The van der Waals surface area contributed by atoms with Crippen LogP contribution in [-0.2, 0) is 31.7 Å². The highest BCUT2D eigenvalue weighted by Gasteiger charge is 2.30. The number of aryl methyl sites for hydroxylation is 1. The van der Waals surface area contributed by atoms with E-state index in [2.05, 4.69) is 15.6 Å². The van der Waals surface area contributed by atoms with Crippen molar-refractivity contribution in [3.05, 3.63) is 76.2 Å². The first-order valence-corrected chi connectivity index (χ1v) is 13.6. The molecule has 0 spiro atoms. The van der Waals surface area contributed by atoms with Crippen molar-refractivity contribution >= 4 is 41.1 Å². The molecule has 15 heteroatoms. The maximum absolute atomic E-state index is 13.0. The maximum Gasteiger partial charge on any atom is 0.416 e. The average molecular weight is 624 g/mol. The van der Waals surface area contributed by atoms with Crippen LogP contribution in [0.2, 0.25) is 5.02 Å². The van der Waals surface area contributed by atoms with Crippen molar-refractivity contribution in [3.63, 3.8) is 0 Å². The van der Waals surface area contributed by atoms with E-state index < -0.39 is 29.7 Å². The van der Waals surface area contributed by atoms with Gasteiger partial charge < -0.3 is 24.1 Å². The third kappa shape index (κ3) is 9.43. The number of alkyl halides is 3. The van der Waals surface area contributed by atoms with Crippen LogP contribution in [-0.4, -0.2) is 78.5 Å². The van der Waals surface area contributed by atoms with Crippen molar-refractivity contribution in [1.29, 1.82) is 0 Å². The predicted octanol–water partition coefficient (Wildman–Crippen LogP) is 4.59. The Morgan fingerprint density at radius 2 is 1.72 bits per heavy atom. The summed E-state index contributed by atoms with van der Waals surface area (Å²) < 4.78 is 55.9. The van der Waals surface area contributed by atoms with Crippen molar-refractivity contribution < 1.29 is 41.8 Å². The normalized spacial score (nSPS) is 13.8. The zero-order valence-electron chi connectivity index (χ0n) is 23.1. The van der Waals surface area contributed by atoms with E-state index in [0.717, 1.165) is 12.1 Å². The number of halogens is 4. The molecule has 0 unspecified atom stereocenters. The smallest absolute Gasteiger partial charge is 0.416 e. The predicted molar refractivity (Wildman–Crippen MR) is 150 cm³/mol. The molecule has 2 amide bonds. The van der Waals surface area contributed by atoms with Gasteiger partial charge in [-0.3, -0.25) is 15.0 Å². The van der Waals surface area contributed by atoms with E-state index in [1.165, 1.54) is 22.9 Å². The molecule has 0 radical (unpaired) electrons. The lowest BCUT2D eigenvalue weighted by Crippen LogP contribution is -2.40. The zero-order chi connectivity index (χ0) is 31.0. The molecule has 1 aromatic heterocycles. The third-order valence-electron chi connectivity index (χ3n) is 6.31. The Labute approximate surface area is 249 Å². The highest BCUT2D eigenvalue weighted by atomic mass is 35.5. The van der Waals surface area contributed by atoms with Crippen molar-refractivity contribution in [1.82, 2.24) is 14.5 Å². The number of anilines is 2. The number of esters is 2. The summed E-state index contributed by atoms with van der Waals surface area (Å²) in [5.74, 6) is -1.61. The lowest BCUT2D eigenvalue weighted by Gasteiger charge is -2.25. The minimum atomic E-state index is -4.50. The Balaban J connectivity index is 1.41. The minimum absolute atomic E-state index is 0.0140. The second-order valence-electron chi connectivity index (χ2n) is 9.56.